The zero-order valence-corrected chi connectivity index (χ0v) is 7.94. The Balaban J connectivity index is 2.18. The maximum atomic E-state index is 11.4. The fraction of sp³-hybridized carbons (Fsp3) is 0.600. The van der Waals surface area contributed by atoms with Gasteiger partial charge >= 0.3 is 11.9 Å². The van der Waals surface area contributed by atoms with E-state index < -0.39 is 35.0 Å². The summed E-state index contributed by atoms with van der Waals surface area (Å²) in [5.41, 5.74) is -1.30. The minimum Gasteiger partial charge on any atom is -0.393 e. The predicted octanol–water partition coefficient (Wildman–Crippen LogP) is 0.420. The summed E-state index contributed by atoms with van der Waals surface area (Å²) in [6, 6.07) is 0. The number of hydrogen-bond donors (Lipinski definition) is 0. The van der Waals surface area contributed by atoms with E-state index >= 15 is 0 Å². The molecule has 0 radical (unpaired) electrons. The molecule has 2 saturated heterocycles. The lowest BCUT2D eigenvalue weighted by atomic mass is 9.73. The van der Waals surface area contributed by atoms with Gasteiger partial charge in [0.15, 0.2) is 0 Å². The monoisotopic (exact) mass is 194 g/mol. The van der Waals surface area contributed by atoms with E-state index in [4.69, 9.17) is 4.74 Å². The Morgan fingerprint density at radius 1 is 1.07 bits per heavy atom. The first-order valence-corrected chi connectivity index (χ1v) is 4.62. The van der Waals surface area contributed by atoms with Crippen LogP contribution in [0.2, 0.25) is 0 Å². The molecule has 3 aliphatic heterocycles. The molecule has 0 aromatic heterocycles. The van der Waals surface area contributed by atoms with Gasteiger partial charge in [0.2, 0.25) is 0 Å². The van der Waals surface area contributed by atoms with Crippen LogP contribution in [0.4, 0.5) is 0 Å². The maximum absolute atomic E-state index is 11.4. The number of hydrogen-bond acceptors (Lipinski definition) is 4. The minimum absolute atomic E-state index is 0.449. The molecule has 0 spiro atoms. The Labute approximate surface area is 80.9 Å². The summed E-state index contributed by atoms with van der Waals surface area (Å²) in [5, 5.41) is 0. The summed E-state index contributed by atoms with van der Waals surface area (Å²) in [5.74, 6) is -1.80. The molecule has 4 atom stereocenters. The predicted molar refractivity (Wildman–Crippen MR) is 45.1 cm³/mol. The number of carbonyl (C=O) groups excluding carboxylic acids is 2. The van der Waals surface area contributed by atoms with Crippen LogP contribution < -0.4 is 0 Å². The van der Waals surface area contributed by atoms with Crippen LogP contribution in [0.5, 0.6) is 0 Å². The van der Waals surface area contributed by atoms with Gasteiger partial charge in [-0.25, -0.2) is 0 Å². The van der Waals surface area contributed by atoms with Gasteiger partial charge in [-0.1, -0.05) is 12.2 Å². The molecule has 14 heavy (non-hydrogen) atoms. The third kappa shape index (κ3) is 0.661. The third-order valence-corrected chi connectivity index (χ3v) is 3.46. The highest BCUT2D eigenvalue weighted by Gasteiger charge is 2.69. The Morgan fingerprint density at radius 2 is 1.50 bits per heavy atom. The largest absolute Gasteiger partial charge is 0.393 e. The molecule has 74 valence electrons. The molecular weight excluding hydrogens is 184 g/mol. The normalized spacial score (nSPS) is 53.9. The van der Waals surface area contributed by atoms with Crippen LogP contribution in [-0.4, -0.2) is 23.1 Å². The van der Waals surface area contributed by atoms with Crippen LogP contribution in [0, 0.1) is 11.8 Å². The second-order valence-electron chi connectivity index (χ2n) is 4.50. The Bertz CT molecular complexity index is 352. The van der Waals surface area contributed by atoms with Crippen LogP contribution in [0.3, 0.4) is 0 Å². The summed E-state index contributed by atoms with van der Waals surface area (Å²) < 4.78 is 10.4. The van der Waals surface area contributed by atoms with Crippen LogP contribution in [-0.2, 0) is 19.1 Å². The Kier molecular flexibility index (Phi) is 1.13. The highest BCUT2D eigenvalue weighted by molar-refractivity contribution is 5.99. The summed E-state index contributed by atoms with van der Waals surface area (Å²) in [6.07, 6.45) is 3.71. The van der Waals surface area contributed by atoms with Crippen LogP contribution in [0.15, 0.2) is 12.2 Å². The van der Waals surface area contributed by atoms with Gasteiger partial charge in [0, 0.05) is 0 Å². The zero-order chi connectivity index (χ0) is 10.1. The van der Waals surface area contributed by atoms with Gasteiger partial charge in [-0.15, -0.1) is 0 Å². The first-order chi connectivity index (χ1) is 6.46. The topological polar surface area (TPSA) is 52.6 Å². The van der Waals surface area contributed by atoms with Crippen LogP contribution in [0.25, 0.3) is 0 Å². The van der Waals surface area contributed by atoms with E-state index in [-0.39, 0.29) is 0 Å². The van der Waals surface area contributed by atoms with Gasteiger partial charge in [-0.3, -0.25) is 9.59 Å². The van der Waals surface area contributed by atoms with Crippen molar-refractivity contribution in [3.8, 4) is 0 Å². The molecule has 2 unspecified atom stereocenters. The van der Waals surface area contributed by atoms with Crippen molar-refractivity contribution in [2.24, 2.45) is 11.8 Å². The van der Waals surface area contributed by atoms with Gasteiger partial charge in [0.05, 0.1) is 11.2 Å². The number of carbonyl (C=O) groups is 2. The van der Waals surface area contributed by atoms with E-state index in [2.05, 4.69) is 4.74 Å². The SMILES string of the molecule is CC12C=C[C@@](C)(O1)[C@H]1C(=O)OC(=O)C12. The number of cyclic esters (lactones) is 2. The number of ether oxygens (including phenoxy) is 2. The van der Waals surface area contributed by atoms with E-state index in [1.54, 1.807) is 0 Å². The van der Waals surface area contributed by atoms with Gasteiger partial charge in [0.25, 0.3) is 0 Å². The van der Waals surface area contributed by atoms with Gasteiger partial charge in [0.1, 0.15) is 11.8 Å². The van der Waals surface area contributed by atoms with Crippen molar-refractivity contribution in [2.75, 3.05) is 0 Å². The van der Waals surface area contributed by atoms with Crippen molar-refractivity contribution in [3.63, 3.8) is 0 Å². The maximum Gasteiger partial charge on any atom is 0.320 e. The molecule has 0 aliphatic carbocycles. The van der Waals surface area contributed by atoms with E-state index in [1.165, 1.54) is 0 Å². The van der Waals surface area contributed by atoms with E-state index in [0.717, 1.165) is 0 Å². The molecule has 4 nitrogen and oxygen atoms in total. The van der Waals surface area contributed by atoms with E-state index in [0.29, 0.717) is 0 Å². The third-order valence-electron chi connectivity index (χ3n) is 3.46. The first-order valence-electron chi connectivity index (χ1n) is 4.62. The van der Waals surface area contributed by atoms with E-state index in [1.807, 2.05) is 26.0 Å². The van der Waals surface area contributed by atoms with Crippen molar-refractivity contribution in [1.82, 2.24) is 0 Å². The fourth-order valence-corrected chi connectivity index (χ4v) is 2.84. The lowest BCUT2D eigenvalue weighted by Crippen LogP contribution is -2.36. The molecule has 0 amide bonds. The molecule has 0 aromatic carbocycles. The Morgan fingerprint density at radius 3 is 1.93 bits per heavy atom. The summed E-state index contributed by atoms with van der Waals surface area (Å²) in [7, 11) is 0. The van der Waals surface area contributed by atoms with Crippen LogP contribution >= 0.6 is 0 Å². The Hall–Kier alpha value is -1.16. The molecule has 3 heterocycles. The molecule has 3 rings (SSSR count). The van der Waals surface area contributed by atoms with Crippen molar-refractivity contribution in [2.45, 2.75) is 25.0 Å². The van der Waals surface area contributed by atoms with Gasteiger partial charge in [-0.2, -0.15) is 0 Å². The average molecular weight is 194 g/mol. The molecule has 3 aliphatic rings. The highest BCUT2D eigenvalue weighted by Crippen LogP contribution is 2.56. The molecule has 2 fully saturated rings. The van der Waals surface area contributed by atoms with Crippen LogP contribution in [0.1, 0.15) is 13.8 Å². The minimum atomic E-state index is -0.650. The summed E-state index contributed by atoms with van der Waals surface area (Å²) in [4.78, 5) is 22.9. The fourth-order valence-electron chi connectivity index (χ4n) is 2.84. The standard InChI is InChI=1S/C10H10O4/c1-9-3-4-10(2,14-9)6-5(9)7(11)13-8(6)12/h3-6H,1-2H3/t5-,6?,9-,10?/m1/s1. The summed E-state index contributed by atoms with van der Waals surface area (Å²) >= 11 is 0. The molecule has 2 bridgehead atoms. The number of rotatable bonds is 0. The quantitative estimate of drug-likeness (QED) is 0.318. The lowest BCUT2D eigenvalue weighted by molar-refractivity contribution is -0.160. The molecule has 0 N–H and O–H groups in total. The smallest absolute Gasteiger partial charge is 0.320 e. The van der Waals surface area contributed by atoms with Crippen molar-refractivity contribution in [3.05, 3.63) is 12.2 Å². The zero-order valence-electron chi connectivity index (χ0n) is 7.94. The van der Waals surface area contributed by atoms with E-state index in [9.17, 15) is 9.59 Å². The average Bonchev–Trinajstić information content (AvgIpc) is 2.60. The highest BCUT2D eigenvalue weighted by atomic mass is 16.6. The lowest BCUT2D eigenvalue weighted by Gasteiger charge is -2.20. The molecule has 0 saturated carbocycles. The number of fused-ring (bicyclic) bond motifs is 5. The van der Waals surface area contributed by atoms with Gasteiger partial charge in [-0.05, 0) is 13.8 Å². The molecule has 4 heteroatoms. The first kappa shape index (κ1) is 8.17. The summed E-state index contributed by atoms with van der Waals surface area (Å²) in [6.45, 7) is 3.64. The van der Waals surface area contributed by atoms with Gasteiger partial charge < -0.3 is 9.47 Å². The second-order valence-corrected chi connectivity index (χ2v) is 4.50. The van der Waals surface area contributed by atoms with Crippen molar-refractivity contribution < 1.29 is 19.1 Å². The second kappa shape index (κ2) is 1.93. The number of esters is 2. The van der Waals surface area contributed by atoms with Crippen molar-refractivity contribution in [1.29, 1.82) is 0 Å². The molecule has 0 aromatic rings. The van der Waals surface area contributed by atoms with Crippen molar-refractivity contribution >= 4 is 11.9 Å². The molecular formula is C10H10O4.